The minimum atomic E-state index is -1.05. The van der Waals surface area contributed by atoms with Crippen LogP contribution in [0.1, 0.15) is 40.0 Å². The molecule has 2 aliphatic carbocycles. The summed E-state index contributed by atoms with van der Waals surface area (Å²) in [5.41, 5.74) is -2.52. The molecule has 6 heteroatoms. The number of carbonyl (C=O) groups is 2. The maximum Gasteiger partial charge on any atom is 0.336 e. The fourth-order valence-corrected chi connectivity index (χ4v) is 4.31. The number of aldehydes is 1. The molecule has 2 saturated carbocycles. The SMILES string of the molecule is COC[C@]1(C)CC[C@]2(OC(=O)[C@]3(C[C@@H]3C=O)N=C2OC)C1(C)C. The van der Waals surface area contributed by atoms with Crippen LogP contribution in [-0.4, -0.2) is 50.1 Å². The van der Waals surface area contributed by atoms with Crippen LogP contribution in [0.5, 0.6) is 0 Å². The summed E-state index contributed by atoms with van der Waals surface area (Å²) < 4.78 is 17.0. The van der Waals surface area contributed by atoms with Crippen LogP contribution in [-0.2, 0) is 23.8 Å². The summed E-state index contributed by atoms with van der Waals surface area (Å²) in [7, 11) is 3.23. The van der Waals surface area contributed by atoms with E-state index in [-0.39, 0.29) is 5.41 Å². The number of methoxy groups -OCH3 is 2. The van der Waals surface area contributed by atoms with Gasteiger partial charge in [0, 0.05) is 17.9 Å². The first-order valence-corrected chi connectivity index (χ1v) is 8.05. The van der Waals surface area contributed by atoms with Gasteiger partial charge in [0.15, 0.2) is 11.1 Å². The lowest BCUT2D eigenvalue weighted by molar-refractivity contribution is -0.174. The molecule has 1 heterocycles. The van der Waals surface area contributed by atoms with Crippen molar-refractivity contribution in [1.29, 1.82) is 0 Å². The van der Waals surface area contributed by atoms with Gasteiger partial charge >= 0.3 is 5.97 Å². The summed E-state index contributed by atoms with van der Waals surface area (Å²) in [5, 5.41) is 0. The van der Waals surface area contributed by atoms with Gasteiger partial charge < -0.3 is 19.0 Å². The largest absolute Gasteiger partial charge is 0.481 e. The summed E-state index contributed by atoms with van der Waals surface area (Å²) >= 11 is 0. The highest BCUT2D eigenvalue weighted by molar-refractivity contribution is 6.01. The van der Waals surface area contributed by atoms with E-state index >= 15 is 0 Å². The number of carbonyl (C=O) groups excluding carboxylic acids is 2. The summed E-state index contributed by atoms with van der Waals surface area (Å²) in [6.07, 6.45) is 2.67. The van der Waals surface area contributed by atoms with Gasteiger partial charge in [-0.15, -0.1) is 0 Å². The number of esters is 1. The molecule has 0 radical (unpaired) electrons. The van der Waals surface area contributed by atoms with Crippen LogP contribution in [0.3, 0.4) is 0 Å². The maximum atomic E-state index is 12.7. The van der Waals surface area contributed by atoms with Gasteiger partial charge in [0.2, 0.25) is 5.90 Å². The van der Waals surface area contributed by atoms with Gasteiger partial charge in [-0.05, 0) is 19.3 Å². The van der Waals surface area contributed by atoms with Crippen LogP contribution in [0.2, 0.25) is 0 Å². The third-order valence-corrected chi connectivity index (χ3v) is 6.62. The fourth-order valence-electron chi connectivity index (χ4n) is 4.31. The van der Waals surface area contributed by atoms with Crippen molar-refractivity contribution in [3.63, 3.8) is 0 Å². The van der Waals surface area contributed by atoms with Gasteiger partial charge in [-0.25, -0.2) is 9.79 Å². The van der Waals surface area contributed by atoms with Crippen LogP contribution in [0.15, 0.2) is 4.99 Å². The highest BCUT2D eigenvalue weighted by atomic mass is 16.6. The molecule has 3 aliphatic rings. The van der Waals surface area contributed by atoms with E-state index in [0.717, 1.165) is 12.7 Å². The molecule has 0 bridgehead atoms. The van der Waals surface area contributed by atoms with Crippen LogP contribution >= 0.6 is 0 Å². The zero-order chi connectivity index (χ0) is 17.1. The van der Waals surface area contributed by atoms with E-state index in [4.69, 9.17) is 14.2 Å². The van der Waals surface area contributed by atoms with E-state index in [1.54, 1.807) is 14.2 Å². The minimum Gasteiger partial charge on any atom is -0.481 e. The predicted octanol–water partition coefficient (Wildman–Crippen LogP) is 1.76. The lowest BCUT2D eigenvalue weighted by atomic mass is 9.63. The predicted molar refractivity (Wildman–Crippen MR) is 83.2 cm³/mol. The zero-order valence-corrected chi connectivity index (χ0v) is 14.5. The average Bonchev–Trinajstić information content (AvgIpc) is 3.18. The van der Waals surface area contributed by atoms with Crippen LogP contribution in [0, 0.1) is 16.7 Å². The molecular formula is C17H25NO5. The number of nitrogens with zero attached hydrogens (tertiary/aromatic N) is 1. The Kier molecular flexibility index (Phi) is 3.42. The molecule has 6 nitrogen and oxygen atoms in total. The number of hydrogen-bond donors (Lipinski definition) is 0. The van der Waals surface area contributed by atoms with Crippen LogP contribution in [0.4, 0.5) is 0 Å². The van der Waals surface area contributed by atoms with Gasteiger partial charge in [-0.3, -0.25) is 0 Å². The van der Waals surface area contributed by atoms with Crippen molar-refractivity contribution in [2.75, 3.05) is 20.8 Å². The van der Waals surface area contributed by atoms with Gasteiger partial charge in [-0.2, -0.15) is 0 Å². The van der Waals surface area contributed by atoms with E-state index in [0.29, 0.717) is 25.3 Å². The monoisotopic (exact) mass is 323 g/mol. The topological polar surface area (TPSA) is 74.2 Å². The molecule has 0 aromatic carbocycles. The highest BCUT2D eigenvalue weighted by Crippen LogP contribution is 2.63. The van der Waals surface area contributed by atoms with Crippen molar-refractivity contribution in [1.82, 2.24) is 0 Å². The Hall–Kier alpha value is -1.43. The summed E-state index contributed by atoms with van der Waals surface area (Å²) in [4.78, 5) is 28.3. The molecule has 2 spiro atoms. The normalized spacial score (nSPS) is 44.1. The number of rotatable bonds is 3. The molecule has 0 aromatic heterocycles. The smallest absolute Gasteiger partial charge is 0.336 e. The van der Waals surface area contributed by atoms with E-state index in [9.17, 15) is 9.59 Å². The Morgan fingerprint density at radius 2 is 2.00 bits per heavy atom. The second-order valence-electron chi connectivity index (χ2n) is 7.83. The zero-order valence-electron chi connectivity index (χ0n) is 14.5. The molecule has 0 amide bonds. The maximum absolute atomic E-state index is 12.7. The molecular weight excluding hydrogens is 298 g/mol. The molecule has 23 heavy (non-hydrogen) atoms. The molecule has 0 aromatic rings. The highest BCUT2D eigenvalue weighted by Gasteiger charge is 2.73. The Balaban J connectivity index is 2.06. The third kappa shape index (κ3) is 1.81. The molecule has 4 atom stereocenters. The third-order valence-electron chi connectivity index (χ3n) is 6.62. The average molecular weight is 323 g/mol. The van der Waals surface area contributed by atoms with E-state index < -0.39 is 28.4 Å². The Morgan fingerprint density at radius 3 is 2.52 bits per heavy atom. The summed E-state index contributed by atoms with van der Waals surface area (Å²) in [6.45, 7) is 6.85. The van der Waals surface area contributed by atoms with Crippen molar-refractivity contribution < 1.29 is 23.8 Å². The first kappa shape index (κ1) is 16.4. The lowest BCUT2D eigenvalue weighted by Gasteiger charge is -2.49. The van der Waals surface area contributed by atoms with Gasteiger partial charge in [0.05, 0.1) is 19.6 Å². The van der Waals surface area contributed by atoms with E-state index in [2.05, 4.69) is 25.8 Å². The van der Waals surface area contributed by atoms with E-state index in [1.807, 2.05) is 0 Å². The van der Waals surface area contributed by atoms with Crippen molar-refractivity contribution in [3.8, 4) is 0 Å². The molecule has 0 saturated heterocycles. The van der Waals surface area contributed by atoms with Crippen molar-refractivity contribution in [2.45, 2.75) is 51.2 Å². The first-order valence-electron chi connectivity index (χ1n) is 8.05. The van der Waals surface area contributed by atoms with Gasteiger partial charge in [-0.1, -0.05) is 20.8 Å². The molecule has 3 rings (SSSR count). The number of aliphatic imine (C=N–C) groups is 1. The second kappa shape index (κ2) is 4.79. The first-order chi connectivity index (χ1) is 10.7. The quantitative estimate of drug-likeness (QED) is 0.584. The van der Waals surface area contributed by atoms with Gasteiger partial charge in [0.25, 0.3) is 0 Å². The second-order valence-corrected chi connectivity index (χ2v) is 7.83. The fraction of sp³-hybridized carbons (Fsp3) is 0.824. The Morgan fingerprint density at radius 1 is 1.30 bits per heavy atom. The van der Waals surface area contributed by atoms with E-state index in [1.165, 1.54) is 0 Å². The minimum absolute atomic E-state index is 0.167. The van der Waals surface area contributed by atoms with Crippen LogP contribution < -0.4 is 0 Å². The molecule has 0 unspecified atom stereocenters. The molecule has 2 fully saturated rings. The molecule has 0 N–H and O–H groups in total. The Labute approximate surface area is 136 Å². The summed E-state index contributed by atoms with van der Waals surface area (Å²) in [5.74, 6) is -0.358. The number of hydrogen-bond acceptors (Lipinski definition) is 6. The van der Waals surface area contributed by atoms with Crippen LogP contribution in [0.25, 0.3) is 0 Å². The Bertz CT molecular complexity index is 586. The molecule has 128 valence electrons. The van der Waals surface area contributed by atoms with Crippen molar-refractivity contribution in [2.24, 2.45) is 21.7 Å². The lowest BCUT2D eigenvalue weighted by Crippen LogP contribution is -2.60. The standard InChI is InChI=1S/C17H25NO5/c1-14(2)15(3,10-21-4)6-7-17(14)12(22-5)18-16(13(20)23-17)8-11(16)9-19/h9,11H,6-8,10H2,1-5H3/t11-,15+,16-,17-/m1/s1. The molecule has 1 aliphatic heterocycles. The summed E-state index contributed by atoms with van der Waals surface area (Å²) in [6, 6.07) is 0. The van der Waals surface area contributed by atoms with Crippen molar-refractivity contribution >= 4 is 18.2 Å². The number of ether oxygens (including phenoxy) is 3. The van der Waals surface area contributed by atoms with Crippen molar-refractivity contribution in [3.05, 3.63) is 0 Å². The van der Waals surface area contributed by atoms with Gasteiger partial charge in [0.1, 0.15) is 6.29 Å².